The molecule has 2 amide bonds. The number of benzene rings is 2. The van der Waals surface area contributed by atoms with Gasteiger partial charge in [0.1, 0.15) is 11.3 Å². The Balaban J connectivity index is 1.56. The molecule has 9 nitrogen and oxygen atoms in total. The summed E-state index contributed by atoms with van der Waals surface area (Å²) in [5, 5.41) is 4.22. The van der Waals surface area contributed by atoms with Crippen molar-refractivity contribution in [2.75, 3.05) is 13.2 Å². The van der Waals surface area contributed by atoms with E-state index in [1.807, 2.05) is 32.0 Å². The van der Waals surface area contributed by atoms with Crippen LogP contribution in [0.3, 0.4) is 0 Å². The minimum atomic E-state index is -0.487. The summed E-state index contributed by atoms with van der Waals surface area (Å²) in [6.07, 6.45) is 1.45. The lowest BCUT2D eigenvalue weighted by atomic mass is 10.1. The Morgan fingerprint density at radius 1 is 1.00 bits per heavy atom. The maximum absolute atomic E-state index is 12.4. The van der Waals surface area contributed by atoms with E-state index in [1.165, 1.54) is 6.20 Å². The Bertz CT molecular complexity index is 1170. The molecule has 0 spiro atoms. The summed E-state index contributed by atoms with van der Waals surface area (Å²) < 4.78 is 12.1. The SMILES string of the molecule is CCOC(=O)c1cnn(-c2ccc(C(=O)NNC(=O)COc3cc(C)ccc3C)cc2)c1C. The van der Waals surface area contributed by atoms with Gasteiger partial charge in [-0.25, -0.2) is 9.48 Å². The summed E-state index contributed by atoms with van der Waals surface area (Å²) in [4.78, 5) is 36.3. The molecule has 172 valence electrons. The largest absolute Gasteiger partial charge is 0.483 e. The standard InChI is InChI=1S/C24H26N4O5/c1-5-32-24(31)20-13-25-28(17(20)4)19-10-8-18(9-11-19)23(30)27-26-22(29)14-33-21-12-15(2)6-7-16(21)3/h6-13H,5,14H2,1-4H3,(H,26,29)(H,27,30). The number of hydrazine groups is 1. The normalized spacial score (nSPS) is 10.4. The second-order valence-electron chi connectivity index (χ2n) is 7.38. The zero-order chi connectivity index (χ0) is 24.0. The van der Waals surface area contributed by atoms with Crippen LogP contribution < -0.4 is 15.6 Å². The van der Waals surface area contributed by atoms with Gasteiger partial charge in [-0.05, 0) is 69.2 Å². The van der Waals surface area contributed by atoms with Crippen LogP contribution in [0.4, 0.5) is 0 Å². The molecule has 1 heterocycles. The maximum Gasteiger partial charge on any atom is 0.341 e. The van der Waals surface area contributed by atoms with Crippen LogP contribution in [-0.2, 0) is 9.53 Å². The minimum absolute atomic E-state index is 0.231. The highest BCUT2D eigenvalue weighted by atomic mass is 16.5. The van der Waals surface area contributed by atoms with Crippen LogP contribution in [0.5, 0.6) is 5.75 Å². The molecule has 33 heavy (non-hydrogen) atoms. The van der Waals surface area contributed by atoms with E-state index in [-0.39, 0.29) is 13.2 Å². The van der Waals surface area contributed by atoms with E-state index >= 15 is 0 Å². The second kappa shape index (κ2) is 10.4. The van der Waals surface area contributed by atoms with Gasteiger partial charge in [0.15, 0.2) is 6.61 Å². The zero-order valence-corrected chi connectivity index (χ0v) is 19.0. The number of hydrogen-bond acceptors (Lipinski definition) is 6. The van der Waals surface area contributed by atoms with E-state index in [4.69, 9.17) is 9.47 Å². The first-order valence-electron chi connectivity index (χ1n) is 10.4. The van der Waals surface area contributed by atoms with Gasteiger partial charge in [0.25, 0.3) is 11.8 Å². The van der Waals surface area contributed by atoms with E-state index in [0.29, 0.717) is 28.3 Å². The van der Waals surface area contributed by atoms with E-state index in [2.05, 4.69) is 16.0 Å². The van der Waals surface area contributed by atoms with Crippen molar-refractivity contribution in [3.8, 4) is 11.4 Å². The second-order valence-corrected chi connectivity index (χ2v) is 7.38. The number of aryl methyl sites for hydroxylation is 2. The molecule has 3 aromatic rings. The van der Waals surface area contributed by atoms with Crippen LogP contribution in [0, 0.1) is 20.8 Å². The highest BCUT2D eigenvalue weighted by Gasteiger charge is 2.16. The number of amides is 2. The topological polar surface area (TPSA) is 112 Å². The molecule has 9 heteroatoms. The van der Waals surface area contributed by atoms with Crippen molar-refractivity contribution in [3.63, 3.8) is 0 Å². The third-order valence-electron chi connectivity index (χ3n) is 4.90. The van der Waals surface area contributed by atoms with Gasteiger partial charge in [-0.1, -0.05) is 12.1 Å². The molecule has 0 aliphatic heterocycles. The van der Waals surface area contributed by atoms with Gasteiger partial charge in [-0.2, -0.15) is 5.10 Å². The predicted octanol–water partition coefficient (Wildman–Crippen LogP) is 2.81. The number of aromatic nitrogens is 2. The first-order valence-corrected chi connectivity index (χ1v) is 10.4. The number of rotatable bonds is 7. The Morgan fingerprint density at radius 3 is 2.42 bits per heavy atom. The highest BCUT2D eigenvalue weighted by Crippen LogP contribution is 2.19. The number of nitrogens with zero attached hydrogens (tertiary/aromatic N) is 2. The predicted molar refractivity (Wildman–Crippen MR) is 121 cm³/mol. The van der Waals surface area contributed by atoms with E-state index in [0.717, 1.165) is 11.1 Å². The van der Waals surface area contributed by atoms with Gasteiger partial charge in [-0.3, -0.25) is 20.4 Å². The fraction of sp³-hybridized carbons (Fsp3) is 0.250. The fourth-order valence-electron chi connectivity index (χ4n) is 3.07. The quantitative estimate of drug-likeness (QED) is 0.423. The first-order chi connectivity index (χ1) is 15.8. The van der Waals surface area contributed by atoms with Gasteiger partial charge in [0, 0.05) is 5.56 Å². The molecule has 2 N–H and O–H groups in total. The van der Waals surface area contributed by atoms with Crippen LogP contribution in [0.15, 0.2) is 48.7 Å². The van der Waals surface area contributed by atoms with Gasteiger partial charge in [0.2, 0.25) is 0 Å². The molecule has 0 saturated carbocycles. The van der Waals surface area contributed by atoms with E-state index in [9.17, 15) is 14.4 Å². The first kappa shape index (κ1) is 23.5. The maximum atomic E-state index is 12.4. The van der Waals surface area contributed by atoms with Gasteiger partial charge >= 0.3 is 5.97 Å². The number of hydrogen-bond donors (Lipinski definition) is 2. The van der Waals surface area contributed by atoms with Gasteiger partial charge in [0.05, 0.1) is 24.2 Å². The van der Waals surface area contributed by atoms with Crippen LogP contribution in [0.1, 0.15) is 44.5 Å². The molecule has 0 saturated heterocycles. The Kier molecular flexibility index (Phi) is 7.45. The van der Waals surface area contributed by atoms with E-state index in [1.54, 1.807) is 42.8 Å². The highest BCUT2D eigenvalue weighted by molar-refractivity contribution is 5.95. The number of carbonyl (C=O) groups is 3. The molecular weight excluding hydrogens is 424 g/mol. The molecule has 0 radical (unpaired) electrons. The zero-order valence-electron chi connectivity index (χ0n) is 19.0. The monoisotopic (exact) mass is 450 g/mol. The lowest BCUT2D eigenvalue weighted by molar-refractivity contribution is -0.123. The summed E-state index contributed by atoms with van der Waals surface area (Å²) in [6.45, 7) is 7.37. The van der Waals surface area contributed by atoms with Crippen LogP contribution >= 0.6 is 0 Å². The van der Waals surface area contributed by atoms with E-state index < -0.39 is 17.8 Å². The molecule has 0 unspecified atom stereocenters. The summed E-state index contributed by atoms with van der Waals surface area (Å²) >= 11 is 0. The average Bonchev–Trinajstić information content (AvgIpc) is 3.19. The number of nitrogens with one attached hydrogen (secondary N) is 2. The smallest absolute Gasteiger partial charge is 0.341 e. The average molecular weight is 450 g/mol. The Hall–Kier alpha value is -4.14. The molecule has 2 aromatic carbocycles. The van der Waals surface area contributed by atoms with Crippen molar-refractivity contribution < 1.29 is 23.9 Å². The van der Waals surface area contributed by atoms with Crippen molar-refractivity contribution in [1.29, 1.82) is 0 Å². The Morgan fingerprint density at radius 2 is 1.73 bits per heavy atom. The number of esters is 1. The molecular formula is C24H26N4O5. The summed E-state index contributed by atoms with van der Waals surface area (Å²) in [7, 11) is 0. The Labute approximate surface area is 191 Å². The molecule has 1 aromatic heterocycles. The van der Waals surface area contributed by atoms with Crippen LogP contribution in [0.2, 0.25) is 0 Å². The fourth-order valence-corrected chi connectivity index (χ4v) is 3.07. The van der Waals surface area contributed by atoms with Crippen molar-refractivity contribution >= 4 is 17.8 Å². The van der Waals surface area contributed by atoms with Crippen molar-refractivity contribution in [2.24, 2.45) is 0 Å². The molecule has 0 aliphatic rings. The molecule has 0 atom stereocenters. The number of ether oxygens (including phenoxy) is 2. The molecule has 0 aliphatic carbocycles. The molecule has 0 bridgehead atoms. The minimum Gasteiger partial charge on any atom is -0.483 e. The van der Waals surface area contributed by atoms with Crippen molar-refractivity contribution in [3.05, 3.63) is 76.6 Å². The lowest BCUT2D eigenvalue weighted by Crippen LogP contribution is -2.43. The van der Waals surface area contributed by atoms with Gasteiger partial charge < -0.3 is 9.47 Å². The third-order valence-corrected chi connectivity index (χ3v) is 4.90. The van der Waals surface area contributed by atoms with Crippen molar-refractivity contribution in [1.82, 2.24) is 20.6 Å². The lowest BCUT2D eigenvalue weighted by Gasteiger charge is -2.11. The molecule has 3 rings (SSSR count). The van der Waals surface area contributed by atoms with Crippen LogP contribution in [0.25, 0.3) is 5.69 Å². The summed E-state index contributed by atoms with van der Waals surface area (Å²) in [5.74, 6) is -0.785. The number of carbonyl (C=O) groups excluding carboxylic acids is 3. The summed E-state index contributed by atoms with van der Waals surface area (Å²) in [5.41, 5.74) is 8.65. The van der Waals surface area contributed by atoms with Crippen molar-refractivity contribution in [2.45, 2.75) is 27.7 Å². The summed E-state index contributed by atoms with van der Waals surface area (Å²) in [6, 6.07) is 12.3. The van der Waals surface area contributed by atoms with Gasteiger partial charge in [-0.15, -0.1) is 0 Å². The molecule has 0 fully saturated rings. The van der Waals surface area contributed by atoms with Crippen LogP contribution in [-0.4, -0.2) is 40.8 Å². The third kappa shape index (κ3) is 5.76.